The van der Waals surface area contributed by atoms with Gasteiger partial charge in [-0.15, -0.1) is 0 Å². The van der Waals surface area contributed by atoms with E-state index in [2.05, 4.69) is 53.7 Å². The number of hydrogen-bond donors (Lipinski definition) is 0. The summed E-state index contributed by atoms with van der Waals surface area (Å²) in [6.07, 6.45) is 0. The molecule has 0 spiro atoms. The van der Waals surface area contributed by atoms with Crippen molar-refractivity contribution in [1.29, 1.82) is 0 Å². The highest BCUT2D eigenvalue weighted by Gasteiger charge is 2.39. The van der Waals surface area contributed by atoms with Gasteiger partial charge in [0.05, 0.1) is 5.56 Å². The Morgan fingerprint density at radius 2 is 1.53 bits per heavy atom. The maximum absolute atomic E-state index is 13.0. The minimum atomic E-state index is -0.482. The van der Waals surface area contributed by atoms with Crippen LogP contribution in [0, 0.1) is 0 Å². The summed E-state index contributed by atoms with van der Waals surface area (Å²) < 4.78 is 16.8. The number of ether oxygens (including phenoxy) is 3. The third-order valence-electron chi connectivity index (χ3n) is 6.35. The lowest BCUT2D eigenvalue weighted by molar-refractivity contribution is -0.133. The van der Waals surface area contributed by atoms with Crippen LogP contribution >= 0.6 is 0 Å². The predicted molar refractivity (Wildman–Crippen MR) is 140 cm³/mol. The third kappa shape index (κ3) is 5.46. The van der Waals surface area contributed by atoms with Gasteiger partial charge in [-0.25, -0.2) is 4.79 Å². The van der Waals surface area contributed by atoms with Crippen molar-refractivity contribution in [1.82, 2.24) is 0 Å². The maximum Gasteiger partial charge on any atom is 0.338 e. The van der Waals surface area contributed by atoms with Crippen molar-refractivity contribution < 1.29 is 23.8 Å². The summed E-state index contributed by atoms with van der Waals surface area (Å²) >= 11 is 0. The van der Waals surface area contributed by atoms with E-state index in [0.29, 0.717) is 17.1 Å². The Morgan fingerprint density at radius 3 is 2.14 bits per heavy atom. The molecule has 0 radical (unpaired) electrons. The number of fused-ring (bicyclic) bond motifs is 1. The van der Waals surface area contributed by atoms with Gasteiger partial charge in [-0.05, 0) is 46.2 Å². The Bertz CT molecular complexity index is 1250. The van der Waals surface area contributed by atoms with Gasteiger partial charge in [0.1, 0.15) is 30.6 Å². The lowest BCUT2D eigenvalue weighted by Gasteiger charge is -2.27. The number of esters is 2. The lowest BCUT2D eigenvalue weighted by Crippen LogP contribution is -2.17. The van der Waals surface area contributed by atoms with Crippen LogP contribution in [-0.4, -0.2) is 25.2 Å². The van der Waals surface area contributed by atoms with E-state index >= 15 is 0 Å². The van der Waals surface area contributed by atoms with E-state index in [9.17, 15) is 9.59 Å². The Kier molecular flexibility index (Phi) is 6.94. The average Bonchev–Trinajstić information content (AvgIpc) is 3.16. The largest absolute Gasteiger partial charge is 0.490 e. The number of carbonyl (C=O) groups excluding carboxylic acids is 2. The molecule has 5 heteroatoms. The first-order valence-corrected chi connectivity index (χ1v) is 12.3. The first-order chi connectivity index (χ1) is 16.9. The molecule has 36 heavy (non-hydrogen) atoms. The van der Waals surface area contributed by atoms with E-state index in [1.54, 1.807) is 24.3 Å². The molecule has 0 bridgehead atoms. The van der Waals surface area contributed by atoms with Crippen LogP contribution in [0.4, 0.5) is 0 Å². The van der Waals surface area contributed by atoms with Crippen LogP contribution in [0.5, 0.6) is 11.5 Å². The number of benzene rings is 3. The summed E-state index contributed by atoms with van der Waals surface area (Å²) in [4.78, 5) is 25.1. The number of hydrogen-bond acceptors (Lipinski definition) is 5. The van der Waals surface area contributed by atoms with Gasteiger partial charge in [0.25, 0.3) is 0 Å². The summed E-state index contributed by atoms with van der Waals surface area (Å²) in [5.74, 6) is 0.204. The van der Waals surface area contributed by atoms with Gasteiger partial charge in [-0.3, -0.25) is 4.79 Å². The van der Waals surface area contributed by atoms with Crippen LogP contribution in [0.25, 0.3) is 0 Å². The van der Waals surface area contributed by atoms with Crippen molar-refractivity contribution in [3.8, 4) is 11.5 Å². The first-order valence-electron chi connectivity index (χ1n) is 12.3. The first kappa shape index (κ1) is 25.5. The molecule has 0 amide bonds. The standard InChI is InChI=1S/C31H34O5/c1-30(2,3)22-18-24-26(29(33)36-27(24)25(19-22)31(4,5)6)20-12-14-23(15-13-20)34-16-17-35-28(32)21-10-8-7-9-11-21/h7-15,18-19,26H,16-17H2,1-6H3. The number of rotatable bonds is 6. The molecule has 0 saturated carbocycles. The molecular formula is C31H34O5. The second-order valence-corrected chi connectivity index (χ2v) is 11.2. The minimum absolute atomic E-state index is 0.0626. The van der Waals surface area contributed by atoms with Gasteiger partial charge in [-0.1, -0.05) is 84.0 Å². The summed E-state index contributed by atoms with van der Waals surface area (Å²) in [6, 6.07) is 20.6. The Labute approximate surface area is 213 Å². The highest BCUT2D eigenvalue weighted by molar-refractivity contribution is 5.90. The molecule has 1 heterocycles. The fraction of sp³-hybridized carbons (Fsp3) is 0.355. The van der Waals surface area contributed by atoms with Crippen molar-refractivity contribution in [2.24, 2.45) is 0 Å². The Morgan fingerprint density at radius 1 is 0.861 bits per heavy atom. The van der Waals surface area contributed by atoms with Crippen LogP contribution < -0.4 is 9.47 Å². The number of carbonyl (C=O) groups is 2. The Hall–Kier alpha value is -3.60. The zero-order valence-electron chi connectivity index (χ0n) is 21.9. The molecular weight excluding hydrogens is 452 g/mol. The average molecular weight is 487 g/mol. The van der Waals surface area contributed by atoms with Gasteiger partial charge in [-0.2, -0.15) is 0 Å². The minimum Gasteiger partial charge on any atom is -0.490 e. The highest BCUT2D eigenvalue weighted by atomic mass is 16.6. The third-order valence-corrected chi connectivity index (χ3v) is 6.35. The lowest BCUT2D eigenvalue weighted by atomic mass is 9.77. The zero-order valence-corrected chi connectivity index (χ0v) is 21.9. The summed E-state index contributed by atoms with van der Waals surface area (Å²) in [5, 5.41) is 0. The van der Waals surface area contributed by atoms with Crippen LogP contribution in [0.2, 0.25) is 0 Å². The van der Waals surface area contributed by atoms with Crippen LogP contribution in [0.15, 0.2) is 66.7 Å². The van der Waals surface area contributed by atoms with E-state index in [1.165, 1.54) is 5.56 Å². The molecule has 5 nitrogen and oxygen atoms in total. The van der Waals surface area contributed by atoms with Crippen molar-refractivity contribution in [2.75, 3.05) is 13.2 Å². The van der Waals surface area contributed by atoms with Crippen LogP contribution in [0.3, 0.4) is 0 Å². The van der Waals surface area contributed by atoms with Crippen LogP contribution in [0.1, 0.15) is 80.1 Å². The highest BCUT2D eigenvalue weighted by Crippen LogP contribution is 2.47. The zero-order chi connectivity index (χ0) is 26.1. The summed E-state index contributed by atoms with van der Waals surface area (Å²) in [6.45, 7) is 13.3. The van der Waals surface area contributed by atoms with Crippen molar-refractivity contribution in [3.63, 3.8) is 0 Å². The normalized spacial score (nSPS) is 15.3. The molecule has 1 atom stereocenters. The SMILES string of the molecule is CC(C)(C)c1cc2c(c(C(C)(C)C)c1)OC(=O)C2c1ccc(OCCOC(=O)c2ccccc2)cc1. The molecule has 188 valence electrons. The Balaban J connectivity index is 1.48. The predicted octanol–water partition coefficient (Wildman–Crippen LogP) is 6.57. The molecule has 4 rings (SSSR count). The summed E-state index contributed by atoms with van der Waals surface area (Å²) in [7, 11) is 0. The van der Waals surface area contributed by atoms with E-state index in [1.807, 2.05) is 30.3 Å². The van der Waals surface area contributed by atoms with E-state index in [0.717, 1.165) is 16.7 Å². The smallest absolute Gasteiger partial charge is 0.338 e. The van der Waals surface area contributed by atoms with Gasteiger partial charge in [0.2, 0.25) is 0 Å². The summed E-state index contributed by atoms with van der Waals surface area (Å²) in [5.41, 5.74) is 4.28. The fourth-order valence-electron chi connectivity index (χ4n) is 4.28. The van der Waals surface area contributed by atoms with E-state index in [-0.39, 0.29) is 36.0 Å². The molecule has 0 aromatic heterocycles. The molecule has 1 aliphatic heterocycles. The van der Waals surface area contributed by atoms with E-state index < -0.39 is 5.92 Å². The van der Waals surface area contributed by atoms with Crippen molar-refractivity contribution >= 4 is 11.9 Å². The second-order valence-electron chi connectivity index (χ2n) is 11.2. The maximum atomic E-state index is 13.0. The monoisotopic (exact) mass is 486 g/mol. The second kappa shape index (κ2) is 9.81. The van der Waals surface area contributed by atoms with E-state index in [4.69, 9.17) is 14.2 Å². The topological polar surface area (TPSA) is 61.8 Å². The molecule has 0 N–H and O–H groups in total. The van der Waals surface area contributed by atoms with Crippen molar-refractivity contribution in [2.45, 2.75) is 58.3 Å². The molecule has 0 aliphatic carbocycles. The molecule has 1 aliphatic rings. The quantitative estimate of drug-likeness (QED) is 0.224. The van der Waals surface area contributed by atoms with Gasteiger partial charge < -0.3 is 14.2 Å². The van der Waals surface area contributed by atoms with Crippen molar-refractivity contribution in [3.05, 3.63) is 94.5 Å². The molecule has 1 unspecified atom stereocenters. The molecule has 0 saturated heterocycles. The molecule has 3 aromatic rings. The molecule has 3 aromatic carbocycles. The molecule has 0 fully saturated rings. The van der Waals surface area contributed by atoms with Gasteiger partial charge in [0, 0.05) is 11.1 Å². The van der Waals surface area contributed by atoms with Crippen LogP contribution in [-0.2, 0) is 20.4 Å². The fourth-order valence-corrected chi connectivity index (χ4v) is 4.28. The van der Waals surface area contributed by atoms with Gasteiger partial charge in [0.15, 0.2) is 0 Å². The van der Waals surface area contributed by atoms with Gasteiger partial charge >= 0.3 is 11.9 Å².